The molecular weight excluding hydrogens is 338 g/mol. The lowest BCUT2D eigenvalue weighted by Crippen LogP contribution is -2.38. The first-order valence-corrected chi connectivity index (χ1v) is 8.70. The smallest absolute Gasteiger partial charge is 0.290 e. The van der Waals surface area contributed by atoms with Crippen LogP contribution in [0.25, 0.3) is 0 Å². The van der Waals surface area contributed by atoms with Crippen LogP contribution in [0, 0.1) is 0 Å². The third kappa shape index (κ3) is 4.26. The van der Waals surface area contributed by atoms with Crippen molar-refractivity contribution in [3.05, 3.63) is 23.9 Å². The van der Waals surface area contributed by atoms with Gasteiger partial charge in [-0.05, 0) is 25.3 Å². The van der Waals surface area contributed by atoms with E-state index in [1.165, 1.54) is 0 Å². The summed E-state index contributed by atoms with van der Waals surface area (Å²) in [7, 11) is 0. The second kappa shape index (κ2) is 8.56. The molecule has 140 valence electrons. The molecule has 3 N–H and O–H groups in total. The number of hydrogen-bond donors (Lipinski definition) is 3. The molecule has 1 atom stereocenters. The molecule has 0 amide bonds. The predicted octanol–water partition coefficient (Wildman–Crippen LogP) is 0.288. The molecule has 26 heavy (non-hydrogen) atoms. The monoisotopic (exact) mass is 361 g/mol. The minimum Gasteiger partial charge on any atom is -0.483 e. The molecule has 4 heterocycles. The summed E-state index contributed by atoms with van der Waals surface area (Å²) in [6, 6.07) is 1.89. The second-order valence-corrected chi connectivity index (χ2v) is 6.23. The standard InChI is InChI=1S/C15H21N7O.CH2O2/c23-11-3-1-7-21(10-11)12-5-6-16-15(18-12)17-9-14-20-19-13-4-2-8-22(13)14;2-1-3/h5-6,11,23H,1-4,7-10H2,(H,16,17,18);1H,(H,2,3). The van der Waals surface area contributed by atoms with Gasteiger partial charge in [0.1, 0.15) is 11.6 Å². The Balaban J connectivity index is 0.000000613. The van der Waals surface area contributed by atoms with E-state index in [4.69, 9.17) is 9.90 Å². The summed E-state index contributed by atoms with van der Waals surface area (Å²) in [5.74, 6) is 3.43. The number of aliphatic hydroxyl groups excluding tert-OH is 1. The molecule has 2 aromatic rings. The van der Waals surface area contributed by atoms with Crippen LogP contribution in [0.15, 0.2) is 12.3 Å². The van der Waals surface area contributed by atoms with E-state index in [2.05, 4.69) is 34.9 Å². The molecule has 0 saturated carbocycles. The van der Waals surface area contributed by atoms with Crippen LogP contribution in [0.2, 0.25) is 0 Å². The molecule has 0 radical (unpaired) electrons. The van der Waals surface area contributed by atoms with E-state index < -0.39 is 0 Å². The Morgan fingerprint density at radius 1 is 1.31 bits per heavy atom. The van der Waals surface area contributed by atoms with Crippen LogP contribution in [0.3, 0.4) is 0 Å². The number of aliphatic hydroxyl groups is 1. The summed E-state index contributed by atoms with van der Waals surface area (Å²) >= 11 is 0. The van der Waals surface area contributed by atoms with Gasteiger partial charge in [0.2, 0.25) is 5.95 Å². The molecule has 1 saturated heterocycles. The van der Waals surface area contributed by atoms with Crippen LogP contribution >= 0.6 is 0 Å². The topological polar surface area (TPSA) is 129 Å². The first-order valence-electron chi connectivity index (χ1n) is 8.70. The van der Waals surface area contributed by atoms with E-state index in [1.807, 2.05) is 6.07 Å². The molecule has 1 unspecified atom stereocenters. The van der Waals surface area contributed by atoms with Crippen molar-refractivity contribution < 1.29 is 15.0 Å². The van der Waals surface area contributed by atoms with E-state index in [1.54, 1.807) is 6.20 Å². The summed E-state index contributed by atoms with van der Waals surface area (Å²) in [5, 5.41) is 28.4. The van der Waals surface area contributed by atoms with Crippen LogP contribution in [0.5, 0.6) is 0 Å². The van der Waals surface area contributed by atoms with Crippen molar-refractivity contribution in [1.29, 1.82) is 0 Å². The molecule has 2 aliphatic rings. The van der Waals surface area contributed by atoms with Crippen molar-refractivity contribution in [2.75, 3.05) is 23.3 Å². The highest BCUT2D eigenvalue weighted by molar-refractivity contribution is 5.43. The molecule has 0 aromatic carbocycles. The highest BCUT2D eigenvalue weighted by Gasteiger charge is 2.20. The Morgan fingerprint density at radius 2 is 2.15 bits per heavy atom. The van der Waals surface area contributed by atoms with Gasteiger partial charge < -0.3 is 25.0 Å². The van der Waals surface area contributed by atoms with E-state index >= 15 is 0 Å². The van der Waals surface area contributed by atoms with Crippen LogP contribution in [0.1, 0.15) is 30.9 Å². The first-order chi connectivity index (χ1) is 12.7. The van der Waals surface area contributed by atoms with Crippen LogP contribution in [0.4, 0.5) is 11.8 Å². The predicted molar refractivity (Wildman–Crippen MR) is 93.8 cm³/mol. The zero-order valence-corrected chi connectivity index (χ0v) is 14.5. The zero-order chi connectivity index (χ0) is 18.4. The zero-order valence-electron chi connectivity index (χ0n) is 14.5. The summed E-state index contributed by atoms with van der Waals surface area (Å²) in [4.78, 5) is 19.3. The van der Waals surface area contributed by atoms with Crippen LogP contribution in [-0.4, -0.2) is 60.6 Å². The van der Waals surface area contributed by atoms with E-state index in [-0.39, 0.29) is 12.6 Å². The number of carbonyl (C=O) groups is 1. The number of aromatic nitrogens is 5. The third-order valence-corrected chi connectivity index (χ3v) is 4.45. The molecule has 10 nitrogen and oxygen atoms in total. The normalized spacial score (nSPS) is 18.7. The highest BCUT2D eigenvalue weighted by atomic mass is 16.3. The third-order valence-electron chi connectivity index (χ3n) is 4.45. The highest BCUT2D eigenvalue weighted by Crippen LogP contribution is 2.19. The number of rotatable bonds is 4. The summed E-state index contributed by atoms with van der Waals surface area (Å²) < 4.78 is 2.16. The van der Waals surface area contributed by atoms with Gasteiger partial charge in [0.15, 0.2) is 5.82 Å². The van der Waals surface area contributed by atoms with E-state index in [9.17, 15) is 5.11 Å². The molecule has 1 fully saturated rings. The Labute approximate surface area is 150 Å². The van der Waals surface area contributed by atoms with Crippen molar-refractivity contribution in [2.24, 2.45) is 0 Å². The number of β-amino-alcohol motifs (C(OH)–C–C–N with tert-alkyl or cyclic N) is 1. The average molecular weight is 361 g/mol. The Morgan fingerprint density at radius 3 is 2.96 bits per heavy atom. The van der Waals surface area contributed by atoms with E-state index in [0.717, 1.165) is 56.2 Å². The van der Waals surface area contributed by atoms with E-state index in [0.29, 0.717) is 19.0 Å². The largest absolute Gasteiger partial charge is 0.483 e. The molecule has 10 heteroatoms. The molecule has 2 aliphatic heterocycles. The number of fused-ring (bicyclic) bond motifs is 1. The quantitative estimate of drug-likeness (QED) is 0.658. The Hall–Kier alpha value is -2.75. The number of nitrogens with zero attached hydrogens (tertiary/aromatic N) is 6. The van der Waals surface area contributed by atoms with Gasteiger partial charge in [-0.2, -0.15) is 4.98 Å². The van der Waals surface area contributed by atoms with Crippen LogP contribution in [-0.2, 0) is 24.3 Å². The maximum absolute atomic E-state index is 9.81. The Bertz CT molecular complexity index is 736. The van der Waals surface area contributed by atoms with Gasteiger partial charge >= 0.3 is 0 Å². The molecular formula is C16H23N7O3. The SMILES string of the molecule is O=CO.OC1CCCN(c2ccnc(NCc3nnc4n3CCC4)n2)C1. The number of carboxylic acid groups (broad SMARTS) is 1. The van der Waals surface area contributed by atoms with Gasteiger partial charge in [0.05, 0.1) is 12.6 Å². The molecule has 0 aliphatic carbocycles. The minimum absolute atomic E-state index is 0.250. The number of hydrogen-bond acceptors (Lipinski definition) is 8. The fraction of sp³-hybridized carbons (Fsp3) is 0.562. The van der Waals surface area contributed by atoms with Gasteiger partial charge in [-0.25, -0.2) is 4.98 Å². The lowest BCUT2D eigenvalue weighted by Gasteiger charge is -2.31. The fourth-order valence-electron chi connectivity index (χ4n) is 3.27. The van der Waals surface area contributed by atoms with Gasteiger partial charge in [-0.15, -0.1) is 10.2 Å². The molecule has 0 spiro atoms. The minimum atomic E-state index is -0.270. The summed E-state index contributed by atoms with van der Waals surface area (Å²) in [6.07, 6.45) is 5.48. The maximum Gasteiger partial charge on any atom is 0.290 e. The van der Waals surface area contributed by atoms with Crippen LogP contribution < -0.4 is 10.2 Å². The fourth-order valence-corrected chi connectivity index (χ4v) is 3.27. The van der Waals surface area contributed by atoms with Crippen molar-refractivity contribution >= 4 is 18.2 Å². The lowest BCUT2D eigenvalue weighted by atomic mass is 10.1. The molecule has 2 aromatic heterocycles. The van der Waals surface area contributed by atoms with Gasteiger partial charge in [0, 0.05) is 32.3 Å². The van der Waals surface area contributed by atoms with Gasteiger partial charge in [-0.3, -0.25) is 4.79 Å². The average Bonchev–Trinajstić information content (AvgIpc) is 3.25. The van der Waals surface area contributed by atoms with Crippen molar-refractivity contribution in [2.45, 2.75) is 44.9 Å². The second-order valence-electron chi connectivity index (χ2n) is 6.23. The first kappa shape index (κ1) is 18.1. The number of aryl methyl sites for hydroxylation is 1. The lowest BCUT2D eigenvalue weighted by molar-refractivity contribution is -0.122. The summed E-state index contributed by atoms with van der Waals surface area (Å²) in [6.45, 7) is 2.87. The number of nitrogens with one attached hydrogen (secondary N) is 1. The van der Waals surface area contributed by atoms with Crippen molar-refractivity contribution in [3.63, 3.8) is 0 Å². The van der Waals surface area contributed by atoms with Crippen molar-refractivity contribution in [1.82, 2.24) is 24.7 Å². The Kier molecular flexibility index (Phi) is 5.95. The molecule has 0 bridgehead atoms. The number of piperidine rings is 1. The number of anilines is 2. The summed E-state index contributed by atoms with van der Waals surface area (Å²) in [5.41, 5.74) is 0. The molecule has 4 rings (SSSR count). The van der Waals surface area contributed by atoms with Gasteiger partial charge in [-0.1, -0.05) is 0 Å². The van der Waals surface area contributed by atoms with Crippen molar-refractivity contribution in [3.8, 4) is 0 Å². The maximum atomic E-state index is 9.81. The van der Waals surface area contributed by atoms with Gasteiger partial charge in [0.25, 0.3) is 6.47 Å².